The monoisotopic (exact) mass is 1010 g/mol. The molecule has 5 heteroatoms. The van der Waals surface area contributed by atoms with E-state index in [4.69, 9.17) is 4.42 Å². The standard InChI is InChI=1S/C70H79BN2OS/c1-64(2,3)44-28-30-51(47(36-44)42-24-20-18-21-25-42)72-53-40-49-56(74-61-57(49)67(10,11)32-34-69(61,14)15)41-50(53)71-59-54(72)38-46(66(7,8)9)39-55(59)73(60-58-62(75-63(60)71)70(16,17)35-33-68(58,12)13)52-31-29-45(65(4,5)6)37-48(52)43-26-22-19-23-27-43/h18-31,36-41H,32-35H2,1-17H3/i38D,39D. The van der Waals surface area contributed by atoms with Crippen molar-refractivity contribution in [1.82, 2.24) is 0 Å². The third-order valence-electron chi connectivity index (χ3n) is 18.0. The van der Waals surface area contributed by atoms with Gasteiger partial charge in [0.1, 0.15) is 11.3 Å². The van der Waals surface area contributed by atoms with Crippen molar-refractivity contribution >= 4 is 78.8 Å². The number of thiophene rings is 1. The number of rotatable bonds is 4. The maximum atomic E-state index is 11.1. The molecule has 0 radical (unpaired) electrons. The van der Waals surface area contributed by atoms with Gasteiger partial charge in [-0.3, -0.25) is 0 Å². The quantitative estimate of drug-likeness (QED) is 0.164. The lowest BCUT2D eigenvalue weighted by Crippen LogP contribution is -2.60. The van der Waals surface area contributed by atoms with E-state index in [2.05, 4.69) is 237 Å². The number of hydrogen-bond acceptors (Lipinski definition) is 4. The molecule has 0 unspecified atom stereocenters. The van der Waals surface area contributed by atoms with Crippen molar-refractivity contribution in [3.8, 4) is 22.3 Å². The molecule has 4 heterocycles. The van der Waals surface area contributed by atoms with E-state index in [1.807, 2.05) is 11.3 Å². The Kier molecular flexibility index (Phi) is 10.4. The van der Waals surface area contributed by atoms with Gasteiger partial charge in [-0.25, -0.2) is 0 Å². The van der Waals surface area contributed by atoms with Gasteiger partial charge < -0.3 is 14.2 Å². The van der Waals surface area contributed by atoms with E-state index in [1.165, 1.54) is 37.6 Å². The highest BCUT2D eigenvalue weighted by Crippen LogP contribution is 2.59. The zero-order valence-corrected chi connectivity index (χ0v) is 48.8. The van der Waals surface area contributed by atoms with Crippen LogP contribution in [0, 0.1) is 0 Å². The molecule has 4 aliphatic rings. The van der Waals surface area contributed by atoms with Crippen molar-refractivity contribution in [3.05, 3.63) is 160 Å². The molecule has 0 atom stereocenters. The SMILES string of the molecule is [2H]c1c2c3c(c([2H])c1C(C)(C)C)N(c1ccc(C(C)(C)C)cc1-c1ccccc1)c1c(sc4c1C(C)(C)CCC4(C)C)B3c1cc3oc4c(c3cc1N2c1ccc(C(C)(C)C)cc1-c1ccccc1)C(C)(C)CCC4(C)C. The van der Waals surface area contributed by atoms with Crippen molar-refractivity contribution in [2.75, 3.05) is 9.80 Å². The predicted molar refractivity (Wildman–Crippen MR) is 326 cm³/mol. The number of anilines is 6. The first kappa shape index (κ1) is 47.7. The maximum absolute atomic E-state index is 11.1. The topological polar surface area (TPSA) is 19.6 Å². The minimum absolute atomic E-state index is 0.0864. The van der Waals surface area contributed by atoms with Crippen molar-refractivity contribution < 1.29 is 7.16 Å². The minimum Gasteiger partial charge on any atom is -0.460 e. The van der Waals surface area contributed by atoms with Crippen molar-refractivity contribution in [3.63, 3.8) is 0 Å². The largest absolute Gasteiger partial charge is 0.460 e. The van der Waals surface area contributed by atoms with Gasteiger partial charge in [0, 0.05) is 54.2 Å². The Morgan fingerprint density at radius 3 is 1.52 bits per heavy atom. The number of nitrogens with zero attached hydrogens (tertiary/aromatic N) is 2. The van der Waals surface area contributed by atoms with Crippen LogP contribution in [-0.2, 0) is 37.9 Å². The Balaban J connectivity index is 1.32. The van der Waals surface area contributed by atoms with Crippen molar-refractivity contribution in [2.45, 2.75) is 181 Å². The van der Waals surface area contributed by atoms with E-state index < -0.39 is 5.41 Å². The van der Waals surface area contributed by atoms with Crippen LogP contribution in [0.3, 0.4) is 0 Å². The highest BCUT2D eigenvalue weighted by Gasteiger charge is 2.52. The number of fused-ring (bicyclic) bond motifs is 9. The fourth-order valence-corrected chi connectivity index (χ4v) is 14.9. The fraction of sp³-hybridized carbons (Fsp3) is 0.400. The summed E-state index contributed by atoms with van der Waals surface area (Å²) in [6.07, 6.45) is 4.25. The van der Waals surface area contributed by atoms with Gasteiger partial charge in [0.2, 0.25) is 0 Å². The van der Waals surface area contributed by atoms with Gasteiger partial charge in [-0.15, -0.1) is 0 Å². The van der Waals surface area contributed by atoms with Crippen molar-refractivity contribution in [2.24, 2.45) is 0 Å². The van der Waals surface area contributed by atoms with Gasteiger partial charge >= 0.3 is 0 Å². The Hall–Kier alpha value is -5.78. The summed E-state index contributed by atoms with van der Waals surface area (Å²) in [5.74, 6) is 1.10. The molecule has 3 nitrogen and oxygen atoms in total. The molecule has 0 spiro atoms. The average molecular weight is 1010 g/mol. The Labute approximate surface area is 456 Å². The summed E-state index contributed by atoms with van der Waals surface area (Å²) in [6.45, 7) is 39.5. The van der Waals surface area contributed by atoms with Gasteiger partial charge in [0.25, 0.3) is 6.71 Å². The highest BCUT2D eigenvalue weighted by atomic mass is 32.1. The molecule has 2 aliphatic carbocycles. The van der Waals surface area contributed by atoms with Crippen LogP contribution >= 0.6 is 11.3 Å². The molecule has 0 N–H and O–H groups in total. The first-order valence-electron chi connectivity index (χ1n) is 28.9. The van der Waals surface area contributed by atoms with E-state index >= 15 is 0 Å². The molecule has 0 amide bonds. The molecule has 384 valence electrons. The van der Waals surface area contributed by atoms with Gasteiger partial charge in [0.05, 0.1) is 19.8 Å². The summed E-state index contributed by atoms with van der Waals surface area (Å²) in [4.78, 5) is 6.49. The lowest BCUT2D eigenvalue weighted by Gasteiger charge is -2.46. The van der Waals surface area contributed by atoms with Crippen LogP contribution in [0.4, 0.5) is 34.1 Å². The van der Waals surface area contributed by atoms with Crippen LogP contribution in [-0.4, -0.2) is 6.71 Å². The summed E-state index contributed by atoms with van der Waals surface area (Å²) in [7, 11) is 0. The molecule has 0 bridgehead atoms. The summed E-state index contributed by atoms with van der Waals surface area (Å²) in [5.41, 5.74) is 18.5. The predicted octanol–water partition coefficient (Wildman–Crippen LogP) is 18.5. The van der Waals surface area contributed by atoms with Crippen LogP contribution in [0.2, 0.25) is 0 Å². The second-order valence-corrected chi connectivity index (χ2v) is 29.6. The highest BCUT2D eigenvalue weighted by molar-refractivity contribution is 7.29. The number of benzene rings is 6. The van der Waals surface area contributed by atoms with Crippen LogP contribution in [0.5, 0.6) is 0 Å². The molecular formula is C70H79BN2OS. The first-order chi connectivity index (χ1) is 35.9. The summed E-state index contributed by atoms with van der Waals surface area (Å²) >= 11 is 2.00. The molecule has 0 saturated carbocycles. The molecule has 0 saturated heterocycles. The van der Waals surface area contributed by atoms with Crippen LogP contribution < -0.4 is 25.5 Å². The smallest absolute Gasteiger partial charge is 0.264 e. The molecule has 8 aromatic rings. The second kappa shape index (κ2) is 16.4. The Morgan fingerprint density at radius 1 is 0.507 bits per heavy atom. The van der Waals surface area contributed by atoms with Gasteiger partial charge in [-0.05, 0) is 151 Å². The molecule has 2 aromatic heterocycles. The van der Waals surface area contributed by atoms with Gasteiger partial charge in [0.15, 0.2) is 0 Å². The molecule has 2 aliphatic heterocycles. The van der Waals surface area contributed by atoms with E-state index in [9.17, 15) is 2.74 Å². The van der Waals surface area contributed by atoms with Gasteiger partial charge in [-0.2, -0.15) is 11.3 Å². The van der Waals surface area contributed by atoms with Crippen molar-refractivity contribution in [1.29, 1.82) is 0 Å². The van der Waals surface area contributed by atoms with E-state index in [-0.39, 0.29) is 39.2 Å². The fourth-order valence-electron chi connectivity index (χ4n) is 13.2. The van der Waals surface area contributed by atoms with Crippen LogP contribution in [0.1, 0.15) is 185 Å². The second-order valence-electron chi connectivity index (χ2n) is 28.6. The lowest BCUT2D eigenvalue weighted by molar-refractivity contribution is 0.284. The zero-order valence-electron chi connectivity index (χ0n) is 50.0. The molecule has 6 aromatic carbocycles. The summed E-state index contributed by atoms with van der Waals surface area (Å²) < 4.78 is 30.7. The van der Waals surface area contributed by atoms with E-state index in [1.54, 1.807) is 0 Å². The molecule has 12 rings (SSSR count). The third kappa shape index (κ3) is 7.77. The zero-order chi connectivity index (χ0) is 55.1. The van der Waals surface area contributed by atoms with Crippen LogP contribution in [0.15, 0.2) is 126 Å². The molecular weight excluding hydrogens is 928 g/mol. The molecule has 0 fully saturated rings. The molecule has 75 heavy (non-hydrogen) atoms. The summed E-state index contributed by atoms with van der Waals surface area (Å²) in [6, 6.07) is 41.7. The first-order valence-corrected chi connectivity index (χ1v) is 28.7. The Morgan fingerprint density at radius 2 is 0.987 bits per heavy atom. The third-order valence-corrected chi connectivity index (χ3v) is 19.6. The summed E-state index contributed by atoms with van der Waals surface area (Å²) in [5, 5.41) is 1.16. The normalized spacial score (nSPS) is 18.4. The minimum atomic E-state index is -0.567. The number of hydrogen-bond donors (Lipinski definition) is 0. The average Bonchev–Trinajstić information content (AvgIpc) is 4.09. The van der Waals surface area contributed by atoms with E-state index in [0.29, 0.717) is 12.1 Å². The lowest BCUT2D eigenvalue weighted by atomic mass is 9.35. The van der Waals surface area contributed by atoms with Crippen LogP contribution in [0.25, 0.3) is 33.2 Å². The van der Waals surface area contributed by atoms with Gasteiger partial charge in [-0.1, -0.05) is 190 Å². The van der Waals surface area contributed by atoms with E-state index in [0.717, 1.165) is 110 Å². The Bertz CT molecular complexity index is 3740. The maximum Gasteiger partial charge on any atom is 0.264 e. The number of furan rings is 1.